The Hall–Kier alpha value is -2.90. The van der Waals surface area contributed by atoms with E-state index < -0.39 is 12.2 Å². The number of anilines is 1. The van der Waals surface area contributed by atoms with E-state index in [1.54, 1.807) is 36.1 Å². The van der Waals surface area contributed by atoms with Crippen molar-refractivity contribution >= 4 is 17.8 Å². The molecular weight excluding hydrogens is 327 g/mol. The smallest absolute Gasteiger partial charge is 0.416 e. The van der Waals surface area contributed by atoms with Gasteiger partial charge >= 0.3 is 6.09 Å². The Balaban J connectivity index is 1.44. The van der Waals surface area contributed by atoms with Gasteiger partial charge in [-0.15, -0.1) is 0 Å². The molecule has 2 aromatic rings. The fraction of sp³-hybridized carbons (Fsp3) is 0.353. The molecule has 0 saturated carbocycles. The quantitative estimate of drug-likeness (QED) is 0.863. The van der Waals surface area contributed by atoms with Crippen molar-refractivity contribution in [1.29, 1.82) is 0 Å². The number of carbonyl (C=O) groups excluding carboxylic acids is 2. The molecule has 0 spiro atoms. The summed E-state index contributed by atoms with van der Waals surface area (Å²) in [5.41, 5.74) is 0.895. The molecule has 1 fully saturated rings. The summed E-state index contributed by atoms with van der Waals surface area (Å²) in [7, 11) is 1.74. The summed E-state index contributed by atoms with van der Waals surface area (Å²) in [5, 5.41) is 6.80. The van der Waals surface area contributed by atoms with E-state index in [0.29, 0.717) is 18.8 Å². The molecule has 1 unspecified atom stereocenters. The predicted octanol–water partition coefficient (Wildman–Crippen LogP) is 1.63. The van der Waals surface area contributed by atoms with Crippen LogP contribution in [0.25, 0.3) is 0 Å². The van der Waals surface area contributed by atoms with E-state index in [9.17, 15) is 14.0 Å². The van der Waals surface area contributed by atoms with Gasteiger partial charge in [-0.1, -0.05) is 12.1 Å². The van der Waals surface area contributed by atoms with Crippen LogP contribution in [0.3, 0.4) is 0 Å². The summed E-state index contributed by atoms with van der Waals surface area (Å²) in [6.07, 6.45) is 1.56. The van der Waals surface area contributed by atoms with Gasteiger partial charge in [0.2, 0.25) is 5.91 Å². The zero-order valence-electron chi connectivity index (χ0n) is 13.8. The number of carbonyl (C=O) groups is 2. The van der Waals surface area contributed by atoms with E-state index in [1.807, 2.05) is 0 Å². The van der Waals surface area contributed by atoms with Crippen molar-refractivity contribution in [2.75, 3.05) is 18.0 Å². The second kappa shape index (κ2) is 7.33. The van der Waals surface area contributed by atoms with Gasteiger partial charge in [0.25, 0.3) is 0 Å². The van der Waals surface area contributed by atoms with E-state index in [0.717, 1.165) is 5.56 Å². The first-order chi connectivity index (χ1) is 12.0. The Bertz CT molecular complexity index is 760. The SMILES string of the molecule is Cn1nccc1N1CC(CNC(=O)CCc2ccc(F)cc2)OC1=O. The molecule has 1 aliphatic heterocycles. The number of rotatable bonds is 6. The Labute approximate surface area is 144 Å². The van der Waals surface area contributed by atoms with Gasteiger partial charge in [-0.25, -0.2) is 9.18 Å². The van der Waals surface area contributed by atoms with E-state index >= 15 is 0 Å². The molecule has 1 atom stereocenters. The number of cyclic esters (lactones) is 1. The highest BCUT2D eigenvalue weighted by Crippen LogP contribution is 2.20. The highest BCUT2D eigenvalue weighted by atomic mass is 19.1. The van der Waals surface area contributed by atoms with Crippen LogP contribution in [0.5, 0.6) is 0 Å². The maximum atomic E-state index is 12.8. The number of aryl methyl sites for hydroxylation is 2. The average molecular weight is 346 g/mol. The molecule has 3 rings (SSSR count). The van der Waals surface area contributed by atoms with Crippen molar-refractivity contribution in [1.82, 2.24) is 15.1 Å². The van der Waals surface area contributed by atoms with Crippen molar-refractivity contribution in [3.63, 3.8) is 0 Å². The monoisotopic (exact) mass is 346 g/mol. The molecule has 2 amide bonds. The number of aromatic nitrogens is 2. The summed E-state index contributed by atoms with van der Waals surface area (Å²) < 4.78 is 19.7. The minimum absolute atomic E-state index is 0.139. The molecule has 8 heteroatoms. The van der Waals surface area contributed by atoms with Gasteiger partial charge in [-0.3, -0.25) is 14.4 Å². The summed E-state index contributed by atoms with van der Waals surface area (Å²) in [4.78, 5) is 25.4. The van der Waals surface area contributed by atoms with E-state index in [2.05, 4.69) is 10.4 Å². The molecule has 1 saturated heterocycles. The number of hydrogen-bond acceptors (Lipinski definition) is 4. The fourth-order valence-electron chi connectivity index (χ4n) is 2.67. The molecule has 132 valence electrons. The molecular formula is C17H19FN4O3. The van der Waals surface area contributed by atoms with Gasteiger partial charge in [-0.2, -0.15) is 5.10 Å². The lowest BCUT2D eigenvalue weighted by atomic mass is 10.1. The topological polar surface area (TPSA) is 76.5 Å². The Morgan fingerprint density at radius 1 is 1.36 bits per heavy atom. The highest BCUT2D eigenvalue weighted by molar-refractivity contribution is 5.88. The van der Waals surface area contributed by atoms with Gasteiger partial charge in [0, 0.05) is 19.5 Å². The van der Waals surface area contributed by atoms with Crippen molar-refractivity contribution in [2.45, 2.75) is 18.9 Å². The molecule has 1 aromatic carbocycles. The first kappa shape index (κ1) is 16.9. The summed E-state index contributed by atoms with van der Waals surface area (Å²) in [6.45, 7) is 0.610. The maximum Gasteiger partial charge on any atom is 0.416 e. The van der Waals surface area contributed by atoms with E-state index in [1.165, 1.54) is 17.0 Å². The van der Waals surface area contributed by atoms with E-state index in [4.69, 9.17) is 4.74 Å². The first-order valence-corrected chi connectivity index (χ1v) is 8.00. The molecule has 1 aliphatic rings. The van der Waals surface area contributed by atoms with Crippen LogP contribution in [0.1, 0.15) is 12.0 Å². The Morgan fingerprint density at radius 3 is 2.80 bits per heavy atom. The van der Waals surface area contributed by atoms with Crippen molar-refractivity contribution in [3.05, 3.63) is 47.9 Å². The molecule has 7 nitrogen and oxygen atoms in total. The molecule has 0 aliphatic carbocycles. The van der Waals surface area contributed by atoms with Crippen molar-refractivity contribution in [3.8, 4) is 0 Å². The fourth-order valence-corrected chi connectivity index (χ4v) is 2.67. The zero-order chi connectivity index (χ0) is 17.8. The number of nitrogens with zero attached hydrogens (tertiary/aromatic N) is 3. The van der Waals surface area contributed by atoms with Crippen LogP contribution in [0.2, 0.25) is 0 Å². The zero-order valence-corrected chi connectivity index (χ0v) is 13.8. The first-order valence-electron chi connectivity index (χ1n) is 8.00. The third-order valence-electron chi connectivity index (χ3n) is 4.03. The standard InChI is InChI=1S/C17H19FN4O3/c1-21-16(8-9-20-21)22-11-14(25-17(22)24)10-19-15(23)7-4-12-2-5-13(18)6-3-12/h2-3,5-6,8-9,14H,4,7,10-11H2,1H3,(H,19,23). The van der Waals surface area contributed by atoms with Crippen LogP contribution < -0.4 is 10.2 Å². The third-order valence-corrected chi connectivity index (χ3v) is 4.03. The van der Waals surface area contributed by atoms with Crippen LogP contribution >= 0.6 is 0 Å². The number of hydrogen-bond donors (Lipinski definition) is 1. The normalized spacial score (nSPS) is 16.8. The number of halogens is 1. The van der Waals surface area contributed by atoms with Crippen LogP contribution in [0.4, 0.5) is 15.0 Å². The van der Waals surface area contributed by atoms with Gasteiger partial charge in [0.15, 0.2) is 0 Å². The number of nitrogens with one attached hydrogen (secondary N) is 1. The van der Waals surface area contributed by atoms with Crippen LogP contribution in [0, 0.1) is 5.82 Å². The summed E-state index contributed by atoms with van der Waals surface area (Å²) >= 11 is 0. The molecule has 1 aromatic heterocycles. The van der Waals surface area contributed by atoms with Gasteiger partial charge in [0.1, 0.15) is 17.7 Å². The highest BCUT2D eigenvalue weighted by Gasteiger charge is 2.33. The van der Waals surface area contributed by atoms with Crippen LogP contribution in [-0.2, 0) is 23.0 Å². The second-order valence-electron chi connectivity index (χ2n) is 5.86. The average Bonchev–Trinajstić information content (AvgIpc) is 3.17. The largest absolute Gasteiger partial charge is 0.442 e. The van der Waals surface area contributed by atoms with Crippen LogP contribution in [0.15, 0.2) is 36.5 Å². The maximum absolute atomic E-state index is 12.8. The second-order valence-corrected chi connectivity index (χ2v) is 5.86. The predicted molar refractivity (Wildman–Crippen MR) is 88.6 cm³/mol. The lowest BCUT2D eigenvalue weighted by molar-refractivity contribution is -0.121. The molecule has 0 bridgehead atoms. The lowest BCUT2D eigenvalue weighted by Gasteiger charge is -2.12. The van der Waals surface area contributed by atoms with Crippen LogP contribution in [-0.4, -0.2) is 41.0 Å². The van der Waals surface area contributed by atoms with Gasteiger partial charge < -0.3 is 10.1 Å². The number of amides is 2. The summed E-state index contributed by atoms with van der Waals surface area (Å²) in [5.74, 6) is 0.212. The molecule has 2 heterocycles. The molecule has 1 N–H and O–H groups in total. The summed E-state index contributed by atoms with van der Waals surface area (Å²) in [6, 6.07) is 7.79. The third kappa shape index (κ3) is 4.14. The van der Waals surface area contributed by atoms with Gasteiger partial charge in [-0.05, 0) is 24.1 Å². The number of benzene rings is 1. The Kier molecular flexibility index (Phi) is 4.97. The van der Waals surface area contributed by atoms with Crippen molar-refractivity contribution < 1.29 is 18.7 Å². The molecule has 25 heavy (non-hydrogen) atoms. The Morgan fingerprint density at radius 2 is 2.12 bits per heavy atom. The minimum Gasteiger partial charge on any atom is -0.442 e. The molecule has 0 radical (unpaired) electrons. The van der Waals surface area contributed by atoms with Gasteiger partial charge in [0.05, 0.1) is 19.3 Å². The van der Waals surface area contributed by atoms with Crippen molar-refractivity contribution in [2.24, 2.45) is 7.05 Å². The minimum atomic E-state index is -0.450. The number of ether oxygens (including phenoxy) is 1. The van der Waals surface area contributed by atoms with E-state index in [-0.39, 0.29) is 24.7 Å². The lowest BCUT2D eigenvalue weighted by Crippen LogP contribution is -2.35.